The molecule has 9 nitrogen and oxygen atoms in total. The molecular formula is C36H39BN5O4+. The number of methoxy groups -OCH3 is 4. The number of anilines is 2. The molecule has 4 atom stereocenters. The van der Waals surface area contributed by atoms with E-state index in [9.17, 15) is 0 Å². The zero-order valence-corrected chi connectivity index (χ0v) is 26.6. The molecule has 10 heteroatoms. The number of nitrogen functional groups attached to an aromatic ring is 2. The average Bonchev–Trinajstić information content (AvgIpc) is 3.65. The summed E-state index contributed by atoms with van der Waals surface area (Å²) in [6.45, 7) is 0. The summed E-state index contributed by atoms with van der Waals surface area (Å²) in [5.41, 5.74) is 18.6. The van der Waals surface area contributed by atoms with Gasteiger partial charge in [-0.1, -0.05) is 29.3 Å². The SMILES string of the molecule is [B][N+]1=C(c2ccc(N)cc2)CC(c2ccc(OC)c(OC)c2)C1=NC1NC(c2ccc(N)cc2)CC1c1ccc(OC)c(OC)c1. The van der Waals surface area contributed by atoms with Crippen LogP contribution in [-0.2, 0) is 0 Å². The Morgan fingerprint density at radius 3 is 1.80 bits per heavy atom. The van der Waals surface area contributed by atoms with Crippen LogP contribution in [0.3, 0.4) is 0 Å². The highest BCUT2D eigenvalue weighted by Crippen LogP contribution is 2.43. The maximum atomic E-state index is 6.96. The molecule has 0 aromatic heterocycles. The van der Waals surface area contributed by atoms with E-state index in [1.807, 2.05) is 66.7 Å². The van der Waals surface area contributed by atoms with E-state index in [-0.39, 0.29) is 24.0 Å². The van der Waals surface area contributed by atoms with Crippen LogP contribution in [0.1, 0.15) is 53.0 Å². The van der Waals surface area contributed by atoms with Gasteiger partial charge in [-0.25, -0.2) is 0 Å². The summed E-state index contributed by atoms with van der Waals surface area (Å²) in [5, 5.41) is 3.81. The van der Waals surface area contributed by atoms with Gasteiger partial charge in [0.05, 0.1) is 40.1 Å². The lowest BCUT2D eigenvalue weighted by Crippen LogP contribution is -2.30. The number of rotatable bonds is 9. The monoisotopic (exact) mass is 616 g/mol. The highest BCUT2D eigenvalue weighted by molar-refractivity contribution is 6.17. The first-order valence-corrected chi connectivity index (χ1v) is 15.2. The van der Waals surface area contributed by atoms with Crippen molar-refractivity contribution in [1.29, 1.82) is 0 Å². The summed E-state index contributed by atoms with van der Waals surface area (Å²) >= 11 is 0. The summed E-state index contributed by atoms with van der Waals surface area (Å²) in [7, 11) is 13.5. The van der Waals surface area contributed by atoms with Crippen molar-refractivity contribution in [3.8, 4) is 23.0 Å². The van der Waals surface area contributed by atoms with Crippen LogP contribution in [0.5, 0.6) is 23.0 Å². The molecule has 1 saturated heterocycles. The van der Waals surface area contributed by atoms with Crippen molar-refractivity contribution in [2.45, 2.75) is 36.9 Å². The topological polar surface area (TPSA) is 116 Å². The quantitative estimate of drug-likeness (QED) is 0.175. The van der Waals surface area contributed by atoms with Crippen molar-refractivity contribution in [3.63, 3.8) is 0 Å². The molecule has 6 rings (SSSR count). The minimum atomic E-state index is -0.296. The lowest BCUT2D eigenvalue weighted by Gasteiger charge is -2.16. The number of hydrogen-bond acceptors (Lipinski definition) is 8. The second-order valence-corrected chi connectivity index (χ2v) is 11.6. The molecule has 4 aromatic carbocycles. The Kier molecular flexibility index (Phi) is 8.90. The molecule has 0 aliphatic carbocycles. The predicted molar refractivity (Wildman–Crippen MR) is 183 cm³/mol. The number of benzene rings is 4. The van der Waals surface area contributed by atoms with E-state index in [0.29, 0.717) is 35.1 Å². The van der Waals surface area contributed by atoms with Crippen molar-refractivity contribution in [2.24, 2.45) is 4.99 Å². The molecule has 234 valence electrons. The molecule has 46 heavy (non-hydrogen) atoms. The third-order valence-electron chi connectivity index (χ3n) is 8.99. The molecule has 4 unspecified atom stereocenters. The Morgan fingerprint density at radius 2 is 1.22 bits per heavy atom. The number of nitrogens with zero attached hydrogens (tertiary/aromatic N) is 2. The second-order valence-electron chi connectivity index (χ2n) is 11.6. The van der Waals surface area contributed by atoms with Gasteiger partial charge < -0.3 is 30.4 Å². The third-order valence-corrected chi connectivity index (χ3v) is 8.99. The summed E-state index contributed by atoms with van der Waals surface area (Å²) < 4.78 is 24.1. The fraction of sp³-hybridized carbons (Fsp3) is 0.278. The molecule has 1 fully saturated rings. The maximum Gasteiger partial charge on any atom is 0.409 e. The van der Waals surface area contributed by atoms with Gasteiger partial charge in [0.25, 0.3) is 5.84 Å². The Labute approximate surface area is 271 Å². The Morgan fingerprint density at radius 1 is 0.696 bits per heavy atom. The lowest BCUT2D eigenvalue weighted by atomic mass is 9.91. The van der Waals surface area contributed by atoms with E-state index in [0.717, 1.165) is 45.9 Å². The van der Waals surface area contributed by atoms with Gasteiger partial charge in [-0.2, -0.15) is 0 Å². The number of ether oxygens (including phenoxy) is 4. The zero-order chi connectivity index (χ0) is 32.4. The molecule has 0 bridgehead atoms. The normalized spacial score (nSPS) is 21.9. The standard InChI is InChI=1S/C36H39BN5O4/c1-43-31-15-9-23(17-33(31)45-3)27-19-29(21-5-11-25(38)12-6-21)40-35(27)41-36-28(24-10-16-32(44-2)34(18-24)46-4)20-30(42(36)37)22-7-13-26(39)14-8-22/h5-18,27-29,35,40H,19-20,38-39H2,1-4H3/q+1. The summed E-state index contributed by atoms with van der Waals surface area (Å²) in [4.78, 5) is 5.45. The lowest BCUT2D eigenvalue weighted by molar-refractivity contribution is -0.226. The molecule has 5 N–H and O–H groups in total. The van der Waals surface area contributed by atoms with E-state index < -0.39 is 0 Å². The Hall–Kier alpha value is -4.96. The van der Waals surface area contributed by atoms with Gasteiger partial charge in [0, 0.05) is 35.3 Å². The highest BCUT2D eigenvalue weighted by Gasteiger charge is 2.44. The highest BCUT2D eigenvalue weighted by atomic mass is 16.5. The van der Waals surface area contributed by atoms with Gasteiger partial charge in [0.1, 0.15) is 0 Å². The summed E-state index contributed by atoms with van der Waals surface area (Å²) in [6.07, 6.45) is 1.15. The van der Waals surface area contributed by atoms with Crippen LogP contribution in [0.15, 0.2) is 89.9 Å². The Bertz CT molecular complexity index is 1770. The van der Waals surface area contributed by atoms with E-state index >= 15 is 0 Å². The maximum absolute atomic E-state index is 6.96. The molecule has 2 heterocycles. The molecule has 2 aliphatic rings. The van der Waals surface area contributed by atoms with E-state index in [4.69, 9.17) is 43.4 Å². The van der Waals surface area contributed by atoms with Crippen molar-refractivity contribution in [3.05, 3.63) is 107 Å². The summed E-state index contributed by atoms with van der Waals surface area (Å²) in [6, 6.07) is 27.8. The van der Waals surface area contributed by atoms with Crippen molar-refractivity contribution in [2.75, 3.05) is 39.9 Å². The van der Waals surface area contributed by atoms with Gasteiger partial charge >= 0.3 is 7.98 Å². The molecule has 0 spiro atoms. The molecular weight excluding hydrogens is 577 g/mol. The number of nitrogens with one attached hydrogen (secondary N) is 1. The van der Waals surface area contributed by atoms with E-state index in [1.165, 1.54) is 0 Å². The van der Waals surface area contributed by atoms with Gasteiger partial charge in [0.15, 0.2) is 29.2 Å². The number of nitrogens with two attached hydrogens (primary N) is 2. The van der Waals surface area contributed by atoms with Crippen molar-refractivity contribution in [1.82, 2.24) is 5.32 Å². The van der Waals surface area contributed by atoms with Crippen LogP contribution in [0.4, 0.5) is 11.4 Å². The van der Waals surface area contributed by atoms with Gasteiger partial charge in [0.2, 0.25) is 0 Å². The van der Waals surface area contributed by atoms with Crippen LogP contribution < -0.4 is 35.7 Å². The van der Waals surface area contributed by atoms with Gasteiger partial charge in [-0.15, -0.1) is 0 Å². The number of hydrogen-bond donors (Lipinski definition) is 3. The number of amidine groups is 1. The molecule has 4 aromatic rings. The first-order valence-electron chi connectivity index (χ1n) is 15.2. The fourth-order valence-corrected chi connectivity index (χ4v) is 6.52. The van der Waals surface area contributed by atoms with Crippen molar-refractivity contribution >= 4 is 30.9 Å². The fourth-order valence-electron chi connectivity index (χ4n) is 6.52. The first kappa shape index (κ1) is 31.0. The third kappa shape index (κ3) is 6.00. The zero-order valence-electron chi connectivity index (χ0n) is 26.6. The molecule has 0 amide bonds. The second kappa shape index (κ2) is 13.2. The number of aliphatic imine (C=N–C) groups is 1. The van der Waals surface area contributed by atoms with Gasteiger partial charge in [-0.05, 0) is 83.8 Å². The van der Waals surface area contributed by atoms with Crippen LogP contribution >= 0.6 is 0 Å². The summed E-state index contributed by atoms with van der Waals surface area (Å²) in [5.74, 6) is 3.28. The minimum Gasteiger partial charge on any atom is -0.493 e. The average molecular weight is 617 g/mol. The van der Waals surface area contributed by atoms with Gasteiger partial charge in [-0.3, -0.25) is 9.80 Å². The molecule has 2 aliphatic heterocycles. The van der Waals surface area contributed by atoms with E-state index in [2.05, 4.69) is 23.5 Å². The van der Waals surface area contributed by atoms with Crippen LogP contribution in [0, 0.1) is 0 Å². The Balaban J connectivity index is 1.47. The first-order chi connectivity index (χ1) is 22.3. The van der Waals surface area contributed by atoms with E-state index in [1.54, 1.807) is 32.9 Å². The minimum absolute atomic E-state index is 0.00915. The largest absolute Gasteiger partial charge is 0.493 e. The predicted octanol–water partition coefficient (Wildman–Crippen LogP) is 5.20. The smallest absolute Gasteiger partial charge is 0.409 e. The van der Waals surface area contributed by atoms with Crippen LogP contribution in [0.2, 0.25) is 0 Å². The van der Waals surface area contributed by atoms with Crippen LogP contribution in [-0.4, -0.2) is 58.6 Å². The van der Waals surface area contributed by atoms with Crippen molar-refractivity contribution < 1.29 is 23.4 Å². The van der Waals surface area contributed by atoms with Crippen LogP contribution in [0.25, 0.3) is 0 Å². The molecule has 0 saturated carbocycles. The molecule has 2 radical (unpaired) electrons.